The number of halogens is 1. The van der Waals surface area contributed by atoms with Gasteiger partial charge in [-0.25, -0.2) is 9.78 Å². The third-order valence-corrected chi connectivity index (χ3v) is 7.17. The zero-order chi connectivity index (χ0) is 23.8. The maximum atomic E-state index is 13.7. The van der Waals surface area contributed by atoms with Gasteiger partial charge in [0.2, 0.25) is 0 Å². The molecule has 0 amide bonds. The van der Waals surface area contributed by atoms with Crippen molar-refractivity contribution in [3.05, 3.63) is 79.1 Å². The van der Waals surface area contributed by atoms with Crippen LogP contribution >= 0.6 is 27.3 Å². The van der Waals surface area contributed by atoms with Gasteiger partial charge in [-0.1, -0.05) is 28.1 Å². The SMILES string of the molecule is CCOC(=O)c1cc2c(c(Cn3cnc4sc(C)c(-c5ccc(Br)cc5)c4c3=O)c1)OCOC2. The van der Waals surface area contributed by atoms with Crippen LogP contribution in [0.5, 0.6) is 5.75 Å². The lowest BCUT2D eigenvalue weighted by molar-refractivity contribution is -0.0171. The molecule has 174 valence electrons. The molecule has 0 saturated heterocycles. The third-order valence-electron chi connectivity index (χ3n) is 5.63. The first kappa shape index (κ1) is 22.8. The summed E-state index contributed by atoms with van der Waals surface area (Å²) in [4.78, 5) is 32.4. The maximum absolute atomic E-state index is 13.7. The summed E-state index contributed by atoms with van der Waals surface area (Å²) >= 11 is 4.97. The second kappa shape index (κ2) is 9.32. The molecule has 0 aliphatic carbocycles. The van der Waals surface area contributed by atoms with E-state index in [1.54, 1.807) is 30.0 Å². The summed E-state index contributed by atoms with van der Waals surface area (Å²) < 4.78 is 18.8. The van der Waals surface area contributed by atoms with E-state index in [1.165, 1.54) is 11.3 Å². The summed E-state index contributed by atoms with van der Waals surface area (Å²) in [7, 11) is 0. The highest BCUT2D eigenvalue weighted by atomic mass is 79.9. The summed E-state index contributed by atoms with van der Waals surface area (Å²) in [5.74, 6) is 0.199. The minimum absolute atomic E-state index is 0.113. The highest BCUT2D eigenvalue weighted by molar-refractivity contribution is 9.10. The van der Waals surface area contributed by atoms with Crippen LogP contribution in [0.2, 0.25) is 0 Å². The van der Waals surface area contributed by atoms with Gasteiger partial charge >= 0.3 is 5.97 Å². The van der Waals surface area contributed by atoms with Crippen LogP contribution in [-0.2, 0) is 22.6 Å². The van der Waals surface area contributed by atoms with Gasteiger partial charge in [-0.15, -0.1) is 11.3 Å². The molecule has 7 nitrogen and oxygen atoms in total. The van der Waals surface area contributed by atoms with Crippen LogP contribution in [0.3, 0.4) is 0 Å². The van der Waals surface area contributed by atoms with Crippen molar-refractivity contribution < 1.29 is 19.0 Å². The number of benzene rings is 2. The molecular weight excluding hydrogens is 520 g/mol. The standard InChI is InChI=1S/C25H21BrN2O5S/c1-3-32-25(30)16-8-17(22-18(9-16)11-31-13-33-22)10-28-12-27-23-21(24(28)29)20(14(2)34-23)15-4-6-19(26)7-5-15/h4-9,12H,3,10-11,13H2,1-2H3. The molecule has 0 radical (unpaired) electrons. The normalized spacial score (nSPS) is 12.9. The Hall–Kier alpha value is -3.01. The second-order valence-electron chi connectivity index (χ2n) is 7.85. The van der Waals surface area contributed by atoms with Gasteiger partial charge in [0.1, 0.15) is 10.6 Å². The van der Waals surface area contributed by atoms with Gasteiger partial charge in [0.05, 0.1) is 37.0 Å². The van der Waals surface area contributed by atoms with Crippen LogP contribution < -0.4 is 10.3 Å². The molecule has 9 heteroatoms. The molecule has 0 N–H and O–H groups in total. The molecule has 0 fully saturated rings. The van der Waals surface area contributed by atoms with Gasteiger partial charge in [-0.3, -0.25) is 9.36 Å². The number of hydrogen-bond donors (Lipinski definition) is 0. The summed E-state index contributed by atoms with van der Waals surface area (Å²) in [5.41, 5.74) is 3.56. The van der Waals surface area contributed by atoms with E-state index in [4.69, 9.17) is 14.2 Å². The topological polar surface area (TPSA) is 79.7 Å². The minimum atomic E-state index is -0.427. The first-order valence-corrected chi connectivity index (χ1v) is 12.3. The van der Waals surface area contributed by atoms with Crippen LogP contribution in [0.25, 0.3) is 21.3 Å². The average molecular weight is 541 g/mol. The Balaban J connectivity index is 1.62. The Labute approximate surface area is 208 Å². The largest absolute Gasteiger partial charge is 0.467 e. The molecule has 0 unspecified atom stereocenters. The van der Waals surface area contributed by atoms with Crippen molar-refractivity contribution in [2.75, 3.05) is 13.4 Å². The van der Waals surface area contributed by atoms with Gasteiger partial charge < -0.3 is 14.2 Å². The Morgan fingerprint density at radius 3 is 2.82 bits per heavy atom. The lowest BCUT2D eigenvalue weighted by Gasteiger charge is -2.22. The number of carbonyl (C=O) groups excluding carboxylic acids is 1. The van der Waals surface area contributed by atoms with E-state index >= 15 is 0 Å². The Morgan fingerprint density at radius 1 is 1.26 bits per heavy atom. The average Bonchev–Trinajstić information content (AvgIpc) is 3.18. The molecule has 0 saturated carbocycles. The highest BCUT2D eigenvalue weighted by Crippen LogP contribution is 2.36. The van der Waals surface area contributed by atoms with E-state index in [2.05, 4.69) is 20.9 Å². The predicted molar refractivity (Wildman–Crippen MR) is 134 cm³/mol. The molecule has 3 heterocycles. The number of ether oxygens (including phenoxy) is 3. The zero-order valence-electron chi connectivity index (χ0n) is 18.6. The number of fused-ring (bicyclic) bond motifs is 2. The van der Waals surface area contributed by atoms with Crippen LogP contribution in [0.4, 0.5) is 0 Å². The van der Waals surface area contributed by atoms with Gasteiger partial charge in [-0.2, -0.15) is 0 Å². The Kier molecular flexibility index (Phi) is 6.24. The molecule has 2 aromatic heterocycles. The number of rotatable bonds is 5. The monoisotopic (exact) mass is 540 g/mol. The first-order chi connectivity index (χ1) is 16.5. The van der Waals surface area contributed by atoms with Crippen molar-refractivity contribution in [2.45, 2.75) is 27.0 Å². The molecule has 4 aromatic rings. The minimum Gasteiger partial charge on any atom is -0.467 e. The van der Waals surface area contributed by atoms with Crippen molar-refractivity contribution in [2.24, 2.45) is 0 Å². The summed E-state index contributed by atoms with van der Waals surface area (Å²) in [5, 5.41) is 0.590. The number of aryl methyl sites for hydroxylation is 1. The Morgan fingerprint density at radius 2 is 2.06 bits per heavy atom. The van der Waals surface area contributed by atoms with Crippen molar-refractivity contribution in [1.82, 2.24) is 9.55 Å². The maximum Gasteiger partial charge on any atom is 0.338 e. The van der Waals surface area contributed by atoms with Gasteiger partial charge in [0.15, 0.2) is 6.79 Å². The van der Waals surface area contributed by atoms with Crippen LogP contribution in [0, 0.1) is 6.92 Å². The fraction of sp³-hybridized carbons (Fsp3) is 0.240. The number of carbonyl (C=O) groups is 1. The molecule has 0 atom stereocenters. The van der Waals surface area contributed by atoms with Gasteiger partial charge in [0, 0.05) is 26.0 Å². The van der Waals surface area contributed by atoms with E-state index < -0.39 is 5.97 Å². The number of esters is 1. The van der Waals surface area contributed by atoms with E-state index in [0.29, 0.717) is 33.7 Å². The Bertz CT molecular complexity index is 1460. The lowest BCUT2D eigenvalue weighted by Crippen LogP contribution is -2.23. The molecular formula is C25H21BrN2O5S. The molecule has 2 aromatic carbocycles. The molecule has 0 bridgehead atoms. The smallest absolute Gasteiger partial charge is 0.338 e. The van der Waals surface area contributed by atoms with Crippen LogP contribution in [-0.4, -0.2) is 28.9 Å². The van der Waals surface area contributed by atoms with Crippen LogP contribution in [0.15, 0.2) is 52.0 Å². The van der Waals surface area contributed by atoms with E-state index in [0.717, 1.165) is 26.0 Å². The molecule has 1 aliphatic rings. The van der Waals surface area contributed by atoms with E-state index in [9.17, 15) is 9.59 Å². The number of aromatic nitrogens is 2. The zero-order valence-corrected chi connectivity index (χ0v) is 21.0. The van der Waals surface area contributed by atoms with Crippen molar-refractivity contribution >= 4 is 43.5 Å². The third kappa shape index (κ3) is 4.15. The second-order valence-corrected chi connectivity index (χ2v) is 9.97. The fourth-order valence-electron chi connectivity index (χ4n) is 4.15. The van der Waals surface area contributed by atoms with E-state index in [-0.39, 0.29) is 25.5 Å². The van der Waals surface area contributed by atoms with Gasteiger partial charge in [0.25, 0.3) is 5.56 Å². The number of hydrogen-bond acceptors (Lipinski definition) is 7. The number of thiophene rings is 1. The summed E-state index contributed by atoms with van der Waals surface area (Å²) in [6.45, 7) is 4.67. The quantitative estimate of drug-likeness (QED) is 0.320. The summed E-state index contributed by atoms with van der Waals surface area (Å²) in [6.07, 6.45) is 1.55. The molecule has 0 spiro atoms. The first-order valence-electron chi connectivity index (χ1n) is 10.7. The van der Waals surface area contributed by atoms with Crippen molar-refractivity contribution in [3.8, 4) is 16.9 Å². The van der Waals surface area contributed by atoms with Crippen molar-refractivity contribution in [1.29, 1.82) is 0 Å². The fourth-order valence-corrected chi connectivity index (χ4v) is 5.41. The van der Waals surface area contributed by atoms with Crippen LogP contribution in [0.1, 0.15) is 33.3 Å². The number of nitrogens with zero attached hydrogens (tertiary/aromatic N) is 2. The molecule has 5 rings (SSSR count). The predicted octanol–water partition coefficient (Wildman–Crippen LogP) is 5.29. The molecule has 34 heavy (non-hydrogen) atoms. The van der Waals surface area contributed by atoms with Crippen molar-refractivity contribution in [3.63, 3.8) is 0 Å². The molecule has 1 aliphatic heterocycles. The highest BCUT2D eigenvalue weighted by Gasteiger charge is 2.22. The van der Waals surface area contributed by atoms with Gasteiger partial charge in [-0.05, 0) is 43.7 Å². The van der Waals surface area contributed by atoms with E-state index in [1.807, 2.05) is 31.2 Å². The lowest BCUT2D eigenvalue weighted by atomic mass is 10.0. The summed E-state index contributed by atoms with van der Waals surface area (Å²) in [6, 6.07) is 11.3.